The Kier molecular flexibility index (Phi) is 8.11. The lowest BCUT2D eigenvalue weighted by Crippen LogP contribution is -2.54. The number of halogens is 3. The summed E-state index contributed by atoms with van der Waals surface area (Å²) in [6, 6.07) is 13.0. The third-order valence-corrected chi connectivity index (χ3v) is 7.35. The van der Waals surface area contributed by atoms with Gasteiger partial charge >= 0.3 is 6.03 Å². The van der Waals surface area contributed by atoms with E-state index in [9.17, 15) is 14.4 Å². The van der Waals surface area contributed by atoms with Crippen molar-refractivity contribution >= 4 is 75.4 Å². The van der Waals surface area contributed by atoms with Crippen LogP contribution >= 0.6 is 45.8 Å². The normalized spacial score (nSPS) is 14.7. The molecule has 0 radical (unpaired) electrons. The van der Waals surface area contributed by atoms with Crippen molar-refractivity contribution in [3.8, 4) is 11.5 Å². The maximum absolute atomic E-state index is 13.3. The number of aryl methyl sites for hydroxylation is 2. The van der Waals surface area contributed by atoms with Crippen LogP contribution in [0.5, 0.6) is 11.5 Å². The summed E-state index contributed by atoms with van der Waals surface area (Å²) in [4.78, 5) is 39.4. The topological polar surface area (TPSA) is 84.9 Å². The lowest BCUT2D eigenvalue weighted by Gasteiger charge is -2.27. The fourth-order valence-electron chi connectivity index (χ4n) is 3.70. The molecular weight excluding hydrogens is 630 g/mol. The zero-order valence-electron chi connectivity index (χ0n) is 20.0. The number of barbiturate groups is 1. The van der Waals surface area contributed by atoms with Crippen molar-refractivity contribution in [2.45, 2.75) is 20.5 Å². The second kappa shape index (κ2) is 11.1. The smallest absolute Gasteiger partial charge is 0.335 e. The maximum atomic E-state index is 13.3. The molecule has 10 heteroatoms. The van der Waals surface area contributed by atoms with Crippen LogP contribution in [-0.2, 0) is 16.2 Å². The molecule has 3 aromatic rings. The van der Waals surface area contributed by atoms with Crippen molar-refractivity contribution in [1.82, 2.24) is 5.32 Å². The van der Waals surface area contributed by atoms with Crippen LogP contribution in [0.25, 0.3) is 6.08 Å². The Balaban J connectivity index is 1.66. The molecule has 0 spiro atoms. The molecule has 190 valence electrons. The number of imide groups is 2. The predicted molar refractivity (Wildman–Crippen MR) is 151 cm³/mol. The van der Waals surface area contributed by atoms with Gasteiger partial charge in [0.05, 0.1) is 16.4 Å². The number of rotatable bonds is 6. The number of nitrogens with one attached hydrogen (secondary N) is 1. The van der Waals surface area contributed by atoms with Crippen molar-refractivity contribution in [3.63, 3.8) is 0 Å². The number of carbonyl (C=O) groups excluding carboxylic acids is 3. The van der Waals surface area contributed by atoms with Crippen LogP contribution in [0.2, 0.25) is 10.0 Å². The van der Waals surface area contributed by atoms with E-state index in [-0.39, 0.29) is 12.2 Å². The Morgan fingerprint density at radius 1 is 1.00 bits per heavy atom. The van der Waals surface area contributed by atoms with Crippen LogP contribution in [0.4, 0.5) is 10.5 Å². The molecule has 0 bridgehead atoms. The van der Waals surface area contributed by atoms with Crippen molar-refractivity contribution in [1.29, 1.82) is 0 Å². The van der Waals surface area contributed by atoms with Gasteiger partial charge < -0.3 is 9.47 Å². The van der Waals surface area contributed by atoms with E-state index in [1.807, 2.05) is 19.9 Å². The number of urea groups is 1. The second-order valence-corrected chi connectivity index (χ2v) is 10.2. The molecule has 3 aromatic carbocycles. The molecule has 0 saturated carbocycles. The van der Waals surface area contributed by atoms with Crippen LogP contribution in [0.3, 0.4) is 0 Å². The minimum atomic E-state index is -0.801. The van der Waals surface area contributed by atoms with Crippen molar-refractivity contribution < 1.29 is 23.9 Å². The zero-order chi connectivity index (χ0) is 26.9. The maximum Gasteiger partial charge on any atom is 0.335 e. The summed E-state index contributed by atoms with van der Waals surface area (Å²) in [7, 11) is 1.48. The van der Waals surface area contributed by atoms with E-state index in [0.29, 0.717) is 41.9 Å². The Bertz CT molecular complexity index is 1450. The second-order valence-electron chi connectivity index (χ2n) is 8.25. The van der Waals surface area contributed by atoms with Gasteiger partial charge in [0, 0.05) is 15.6 Å². The van der Waals surface area contributed by atoms with Crippen LogP contribution in [0.15, 0.2) is 54.1 Å². The van der Waals surface area contributed by atoms with Gasteiger partial charge in [-0.05, 0) is 95.6 Å². The van der Waals surface area contributed by atoms with Gasteiger partial charge in [-0.2, -0.15) is 0 Å². The molecule has 7 nitrogen and oxygen atoms in total. The average Bonchev–Trinajstić information content (AvgIpc) is 2.84. The van der Waals surface area contributed by atoms with Gasteiger partial charge in [0.15, 0.2) is 11.5 Å². The number of anilines is 1. The first-order valence-electron chi connectivity index (χ1n) is 11.0. The fourth-order valence-corrected chi connectivity index (χ4v) is 4.99. The van der Waals surface area contributed by atoms with Crippen molar-refractivity contribution in [3.05, 3.63) is 90.0 Å². The summed E-state index contributed by atoms with van der Waals surface area (Å²) < 4.78 is 12.2. The van der Waals surface area contributed by atoms with Crippen LogP contribution in [0, 0.1) is 17.4 Å². The van der Waals surface area contributed by atoms with Crippen molar-refractivity contribution in [2.75, 3.05) is 12.0 Å². The summed E-state index contributed by atoms with van der Waals surface area (Å²) in [6.07, 6.45) is 1.41. The molecule has 1 saturated heterocycles. The van der Waals surface area contributed by atoms with E-state index < -0.39 is 17.8 Å². The average molecular weight is 651 g/mol. The fraction of sp³-hybridized carbons (Fsp3) is 0.148. The Hall–Kier alpha value is -3.08. The van der Waals surface area contributed by atoms with E-state index in [0.717, 1.165) is 16.0 Å². The first-order valence-corrected chi connectivity index (χ1v) is 12.9. The molecule has 4 amide bonds. The summed E-state index contributed by atoms with van der Waals surface area (Å²) >= 11 is 14.6. The lowest BCUT2D eigenvalue weighted by atomic mass is 10.0. The molecule has 0 unspecified atom stereocenters. The highest BCUT2D eigenvalue weighted by Crippen LogP contribution is 2.37. The molecule has 37 heavy (non-hydrogen) atoms. The monoisotopic (exact) mass is 650 g/mol. The van der Waals surface area contributed by atoms with Crippen molar-refractivity contribution in [2.24, 2.45) is 0 Å². The number of hydrogen-bond donors (Lipinski definition) is 1. The van der Waals surface area contributed by atoms with Crippen LogP contribution < -0.4 is 19.7 Å². The van der Waals surface area contributed by atoms with Gasteiger partial charge in [-0.25, -0.2) is 9.69 Å². The molecule has 1 aliphatic heterocycles. The standard InChI is InChI=1S/C27H21Cl2IN2O5/c1-14-7-8-17(9-15(14)2)32-26(34)18(25(33)31-27(32)35)10-16-11-22(30)24(23(12-16)36-3)37-13-19-20(28)5-4-6-21(19)29/h4-12H,13H2,1-3H3,(H,31,33,35)/b18-10+. The van der Waals surface area contributed by atoms with E-state index in [4.69, 9.17) is 32.7 Å². The van der Waals surface area contributed by atoms with Crippen LogP contribution in [0.1, 0.15) is 22.3 Å². The molecule has 1 N–H and O–H groups in total. The summed E-state index contributed by atoms with van der Waals surface area (Å²) in [5.41, 5.74) is 3.26. The Morgan fingerprint density at radius 3 is 2.35 bits per heavy atom. The van der Waals surface area contributed by atoms with E-state index in [1.54, 1.807) is 42.5 Å². The molecule has 1 aliphatic rings. The van der Waals surface area contributed by atoms with Gasteiger partial charge in [-0.1, -0.05) is 35.3 Å². The first kappa shape index (κ1) is 27.0. The largest absolute Gasteiger partial charge is 0.493 e. The highest BCUT2D eigenvalue weighted by atomic mass is 127. The predicted octanol–water partition coefficient (Wildman–Crippen LogP) is 6.47. The number of methoxy groups -OCH3 is 1. The van der Waals surface area contributed by atoms with Gasteiger partial charge in [-0.3, -0.25) is 14.9 Å². The number of hydrogen-bond acceptors (Lipinski definition) is 5. The Labute approximate surface area is 237 Å². The summed E-state index contributed by atoms with van der Waals surface area (Å²) in [5.74, 6) is -0.669. The number of nitrogens with zero attached hydrogens (tertiary/aromatic N) is 1. The molecule has 0 atom stereocenters. The molecule has 1 fully saturated rings. The quantitative estimate of drug-likeness (QED) is 0.188. The van der Waals surface area contributed by atoms with Gasteiger partial charge in [0.25, 0.3) is 11.8 Å². The molecule has 0 aromatic heterocycles. The van der Waals surface area contributed by atoms with Crippen LogP contribution in [-0.4, -0.2) is 25.0 Å². The molecule has 4 rings (SSSR count). The Morgan fingerprint density at radius 2 is 1.70 bits per heavy atom. The minimum Gasteiger partial charge on any atom is -0.493 e. The number of amides is 4. The first-order chi connectivity index (χ1) is 17.6. The third kappa shape index (κ3) is 5.61. The molecule has 0 aliphatic carbocycles. The highest BCUT2D eigenvalue weighted by molar-refractivity contribution is 14.1. The lowest BCUT2D eigenvalue weighted by molar-refractivity contribution is -0.122. The zero-order valence-corrected chi connectivity index (χ0v) is 23.7. The minimum absolute atomic E-state index is 0.110. The number of carbonyl (C=O) groups is 3. The SMILES string of the molecule is COc1cc(/C=C2\C(=O)NC(=O)N(c3ccc(C)c(C)c3)C2=O)cc(I)c1OCc1c(Cl)cccc1Cl. The molecular formula is C27H21Cl2IN2O5. The van der Waals surface area contributed by atoms with Gasteiger partial charge in [0.1, 0.15) is 12.2 Å². The van der Waals surface area contributed by atoms with E-state index in [1.165, 1.54) is 13.2 Å². The van der Waals surface area contributed by atoms with E-state index in [2.05, 4.69) is 27.9 Å². The number of ether oxygens (including phenoxy) is 2. The highest BCUT2D eigenvalue weighted by Gasteiger charge is 2.37. The third-order valence-electron chi connectivity index (χ3n) is 5.84. The van der Waals surface area contributed by atoms with Gasteiger partial charge in [-0.15, -0.1) is 0 Å². The summed E-state index contributed by atoms with van der Waals surface area (Å²) in [5, 5.41) is 3.20. The summed E-state index contributed by atoms with van der Waals surface area (Å²) in [6.45, 7) is 3.92. The van der Waals surface area contributed by atoms with E-state index >= 15 is 0 Å². The number of benzene rings is 3. The van der Waals surface area contributed by atoms with Gasteiger partial charge in [0.2, 0.25) is 0 Å². The molecule has 1 heterocycles.